The molecule has 6 heteroatoms. The molecule has 2 heterocycles. The number of amides is 2. The van der Waals surface area contributed by atoms with Crippen molar-refractivity contribution < 1.29 is 14.3 Å². The molecule has 1 aliphatic heterocycles. The molecule has 0 bridgehead atoms. The smallest absolute Gasteiger partial charge is 0.232 e. The van der Waals surface area contributed by atoms with Crippen molar-refractivity contribution in [2.24, 2.45) is 0 Å². The Bertz CT molecular complexity index is 1150. The van der Waals surface area contributed by atoms with E-state index in [1.54, 1.807) is 7.11 Å². The molecule has 0 radical (unpaired) electrons. The van der Waals surface area contributed by atoms with Gasteiger partial charge in [0.25, 0.3) is 0 Å². The summed E-state index contributed by atoms with van der Waals surface area (Å²) in [6.45, 7) is 6.59. The average molecular weight is 405 g/mol. The fraction of sp³-hybridized carbons (Fsp3) is 0.333. The van der Waals surface area contributed by atoms with Crippen LogP contribution in [0.5, 0.6) is 5.75 Å². The number of ether oxygens (including phenoxy) is 1. The molecule has 0 spiro atoms. The summed E-state index contributed by atoms with van der Waals surface area (Å²) in [5.41, 5.74) is 7.24. The zero-order valence-electron chi connectivity index (χ0n) is 17.8. The highest BCUT2D eigenvalue weighted by Crippen LogP contribution is 2.36. The van der Waals surface area contributed by atoms with Gasteiger partial charge in [-0.2, -0.15) is 0 Å². The molecular formula is C24H27N3O3. The Morgan fingerprint density at radius 2 is 1.90 bits per heavy atom. The van der Waals surface area contributed by atoms with Gasteiger partial charge in [-0.1, -0.05) is 12.1 Å². The lowest BCUT2D eigenvalue weighted by Gasteiger charge is -2.11. The summed E-state index contributed by atoms with van der Waals surface area (Å²) in [4.78, 5) is 28.4. The number of H-pyrrole nitrogens is 1. The molecular weight excluding hydrogens is 378 g/mol. The van der Waals surface area contributed by atoms with Gasteiger partial charge < -0.3 is 20.4 Å². The van der Waals surface area contributed by atoms with Gasteiger partial charge >= 0.3 is 0 Å². The Morgan fingerprint density at radius 1 is 1.13 bits per heavy atom. The topological polar surface area (TPSA) is 83.2 Å². The number of fused-ring (bicyclic) bond motifs is 2. The number of methoxy groups -OCH3 is 1. The van der Waals surface area contributed by atoms with Gasteiger partial charge in [0.1, 0.15) is 5.75 Å². The average Bonchev–Trinajstić information content (AvgIpc) is 3.22. The molecule has 0 fully saturated rings. The van der Waals surface area contributed by atoms with E-state index in [4.69, 9.17) is 4.74 Å². The van der Waals surface area contributed by atoms with Crippen molar-refractivity contribution in [3.8, 4) is 5.75 Å². The van der Waals surface area contributed by atoms with Crippen molar-refractivity contribution in [3.63, 3.8) is 0 Å². The Hall–Kier alpha value is -3.28. The van der Waals surface area contributed by atoms with E-state index in [9.17, 15) is 9.59 Å². The van der Waals surface area contributed by atoms with Crippen molar-refractivity contribution in [2.75, 3.05) is 19.0 Å². The zero-order chi connectivity index (χ0) is 21.4. The Kier molecular flexibility index (Phi) is 5.24. The van der Waals surface area contributed by atoms with Crippen molar-refractivity contribution in [3.05, 3.63) is 58.3 Å². The summed E-state index contributed by atoms with van der Waals surface area (Å²) in [5, 5.41) is 7.03. The molecule has 30 heavy (non-hydrogen) atoms. The maximum absolute atomic E-state index is 12.7. The summed E-state index contributed by atoms with van der Waals surface area (Å²) in [7, 11) is 1.61. The monoisotopic (exact) mass is 405 g/mol. The predicted octanol–water partition coefficient (Wildman–Crippen LogP) is 3.89. The molecule has 0 aliphatic carbocycles. The Morgan fingerprint density at radius 3 is 2.67 bits per heavy atom. The Balaban J connectivity index is 1.43. The number of hydrogen-bond acceptors (Lipinski definition) is 3. The van der Waals surface area contributed by atoms with Crippen molar-refractivity contribution >= 4 is 28.4 Å². The first-order valence-electron chi connectivity index (χ1n) is 10.2. The minimum Gasteiger partial charge on any atom is -0.497 e. The van der Waals surface area contributed by atoms with E-state index in [-0.39, 0.29) is 17.7 Å². The van der Waals surface area contributed by atoms with Crippen molar-refractivity contribution in [1.29, 1.82) is 0 Å². The third-order valence-corrected chi connectivity index (χ3v) is 5.99. The molecule has 0 saturated carbocycles. The first-order valence-corrected chi connectivity index (χ1v) is 10.2. The predicted molar refractivity (Wildman–Crippen MR) is 118 cm³/mol. The number of anilines is 1. The highest BCUT2D eigenvalue weighted by molar-refractivity contribution is 6.03. The van der Waals surface area contributed by atoms with Crippen LogP contribution in [0.4, 0.5) is 5.69 Å². The van der Waals surface area contributed by atoms with Gasteiger partial charge in [-0.15, -0.1) is 0 Å². The van der Waals surface area contributed by atoms with Crippen LogP contribution in [0.1, 0.15) is 40.3 Å². The van der Waals surface area contributed by atoms with Crippen LogP contribution in [0.2, 0.25) is 0 Å². The minimum atomic E-state index is -0.282. The van der Waals surface area contributed by atoms with E-state index < -0.39 is 0 Å². The summed E-state index contributed by atoms with van der Waals surface area (Å²) in [6.07, 6.45) is 0.861. The number of hydrogen-bond donors (Lipinski definition) is 3. The lowest BCUT2D eigenvalue weighted by Crippen LogP contribution is -2.28. The lowest BCUT2D eigenvalue weighted by atomic mass is 9.97. The number of nitrogens with one attached hydrogen (secondary N) is 3. The summed E-state index contributed by atoms with van der Waals surface area (Å²) in [6, 6.07) is 9.76. The highest BCUT2D eigenvalue weighted by Gasteiger charge is 2.30. The van der Waals surface area contributed by atoms with E-state index in [1.165, 1.54) is 5.56 Å². The van der Waals surface area contributed by atoms with Crippen LogP contribution in [-0.2, 0) is 16.0 Å². The van der Waals surface area contributed by atoms with E-state index in [0.29, 0.717) is 19.4 Å². The van der Waals surface area contributed by atoms with Gasteiger partial charge in [0.15, 0.2) is 0 Å². The number of carbonyl (C=O) groups excluding carboxylic acids is 2. The number of aromatic amines is 1. The second-order valence-corrected chi connectivity index (χ2v) is 7.99. The molecule has 3 aromatic rings. The molecule has 1 aliphatic rings. The third kappa shape index (κ3) is 3.54. The van der Waals surface area contributed by atoms with Crippen LogP contribution >= 0.6 is 0 Å². The standard InChI is InChI=1S/C24H27N3O3/c1-13-5-6-14(2)23-22(13)18(15(3)26-23)12-21(28)25-10-9-17-19-11-16(30-4)7-8-20(19)27-24(17)29/h5-8,11,17,26H,9-10,12H2,1-4H3,(H,25,28)(H,27,29)/t17-/m0/s1. The van der Waals surface area contributed by atoms with E-state index in [2.05, 4.69) is 41.6 Å². The lowest BCUT2D eigenvalue weighted by molar-refractivity contribution is -0.121. The summed E-state index contributed by atoms with van der Waals surface area (Å²) < 4.78 is 5.28. The number of benzene rings is 2. The second kappa shape index (κ2) is 7.86. The molecule has 2 amide bonds. The van der Waals surface area contributed by atoms with E-state index in [1.807, 2.05) is 25.1 Å². The first-order chi connectivity index (χ1) is 14.4. The van der Waals surface area contributed by atoms with Crippen LogP contribution in [0.25, 0.3) is 10.9 Å². The molecule has 1 aromatic heterocycles. The first kappa shape index (κ1) is 20.0. The third-order valence-electron chi connectivity index (χ3n) is 5.99. The largest absolute Gasteiger partial charge is 0.497 e. The highest BCUT2D eigenvalue weighted by atomic mass is 16.5. The molecule has 6 nitrogen and oxygen atoms in total. The van der Waals surface area contributed by atoms with Crippen molar-refractivity contribution in [2.45, 2.75) is 39.5 Å². The zero-order valence-corrected chi connectivity index (χ0v) is 17.8. The van der Waals surface area contributed by atoms with Crippen molar-refractivity contribution in [1.82, 2.24) is 10.3 Å². The van der Waals surface area contributed by atoms with Crippen LogP contribution in [0.3, 0.4) is 0 Å². The normalized spacial score (nSPS) is 15.2. The van der Waals surface area contributed by atoms with Gasteiger partial charge in [0.05, 0.1) is 19.4 Å². The van der Waals surface area contributed by atoms with Gasteiger partial charge in [0, 0.05) is 28.8 Å². The van der Waals surface area contributed by atoms with Gasteiger partial charge in [-0.25, -0.2) is 0 Å². The van der Waals surface area contributed by atoms with Gasteiger partial charge in [-0.3, -0.25) is 9.59 Å². The maximum Gasteiger partial charge on any atom is 0.232 e. The molecule has 0 unspecified atom stereocenters. The molecule has 4 rings (SSSR count). The maximum atomic E-state index is 12.7. The van der Waals surface area contributed by atoms with Crippen LogP contribution < -0.4 is 15.4 Å². The summed E-state index contributed by atoms with van der Waals surface area (Å²) in [5.74, 6) is 0.366. The van der Waals surface area contributed by atoms with E-state index in [0.717, 1.165) is 44.7 Å². The molecule has 3 N–H and O–H groups in total. The van der Waals surface area contributed by atoms with Crippen LogP contribution in [0, 0.1) is 20.8 Å². The van der Waals surface area contributed by atoms with Crippen LogP contribution in [-0.4, -0.2) is 30.5 Å². The summed E-state index contributed by atoms with van der Waals surface area (Å²) >= 11 is 0. The van der Waals surface area contributed by atoms with Gasteiger partial charge in [-0.05, 0) is 67.6 Å². The molecule has 2 aromatic carbocycles. The number of carbonyl (C=O) groups is 2. The SMILES string of the molecule is COc1ccc2c(c1)[C@H](CCNC(=O)Cc1c(C)[nH]c3c(C)ccc(C)c13)C(=O)N2. The molecule has 1 atom stereocenters. The Labute approximate surface area is 176 Å². The van der Waals surface area contributed by atoms with Gasteiger partial charge in [0.2, 0.25) is 11.8 Å². The second-order valence-electron chi connectivity index (χ2n) is 7.99. The number of aromatic nitrogens is 1. The number of rotatable bonds is 6. The quantitative estimate of drug-likeness (QED) is 0.582. The van der Waals surface area contributed by atoms with Crippen LogP contribution in [0.15, 0.2) is 30.3 Å². The van der Waals surface area contributed by atoms with E-state index >= 15 is 0 Å². The minimum absolute atomic E-state index is 0.0360. The fourth-order valence-electron chi connectivity index (χ4n) is 4.33. The fourth-order valence-corrected chi connectivity index (χ4v) is 4.33. The molecule has 156 valence electrons. The molecule has 0 saturated heterocycles. The number of aryl methyl sites for hydroxylation is 3.